The van der Waals surface area contributed by atoms with Gasteiger partial charge in [-0.2, -0.15) is 0 Å². The Morgan fingerprint density at radius 3 is 1.98 bits per heavy atom. The average Bonchev–Trinajstić information content (AvgIpc) is 2.00. The Morgan fingerprint density at radius 1 is 0.682 bits per heavy atom. The van der Waals surface area contributed by atoms with Crippen molar-refractivity contribution in [3.63, 3.8) is 0 Å². The van der Waals surface area contributed by atoms with Gasteiger partial charge < -0.3 is 59.0 Å². The van der Waals surface area contributed by atoms with Crippen LogP contribution in [0.15, 0.2) is 60.7 Å². The van der Waals surface area contributed by atoms with Crippen molar-refractivity contribution in [2.75, 3.05) is 108 Å². The third kappa shape index (κ3) is 12.3. The first-order valence-electron chi connectivity index (χ1n) is 32.9. The number of likely N-dealkylation sites (tertiary alicyclic amines) is 4. The summed E-state index contributed by atoms with van der Waals surface area (Å²) < 4.78 is 21.7. The Hall–Kier alpha value is -5.13. The predicted octanol–water partition coefficient (Wildman–Crippen LogP) is 11.6. The summed E-state index contributed by atoms with van der Waals surface area (Å²) in [6.45, 7) is 17.3. The number of halogens is 1. The number of ether oxygens (including phenoxy) is 4. The van der Waals surface area contributed by atoms with Crippen LogP contribution in [0, 0.1) is 5.92 Å². The van der Waals surface area contributed by atoms with E-state index in [2.05, 4.69) is 56.5 Å². The van der Waals surface area contributed by atoms with Crippen molar-refractivity contribution in [2.45, 2.75) is 195 Å². The van der Waals surface area contributed by atoms with Gasteiger partial charge in [0, 0.05) is 104 Å². The molecule has 2 N–H and O–H groups in total. The van der Waals surface area contributed by atoms with Gasteiger partial charge in [-0.1, -0.05) is 49.6 Å². The zero-order valence-electron chi connectivity index (χ0n) is 51.3. The Labute approximate surface area is 511 Å². The normalized spacial score (nSPS) is 28.3. The van der Waals surface area contributed by atoms with Crippen molar-refractivity contribution in [1.29, 1.82) is 0 Å². The van der Waals surface area contributed by atoms with Gasteiger partial charge in [0.2, 0.25) is 11.8 Å². The van der Waals surface area contributed by atoms with Gasteiger partial charge in [-0.3, -0.25) is 9.59 Å². The Kier molecular flexibility index (Phi) is 18.3. The zero-order valence-corrected chi connectivity index (χ0v) is 52.0. The van der Waals surface area contributed by atoms with Crippen molar-refractivity contribution < 1.29 is 39.6 Å². The van der Waals surface area contributed by atoms with E-state index in [0.29, 0.717) is 37.3 Å². The minimum atomic E-state index is -0.361. The van der Waals surface area contributed by atoms with E-state index >= 15 is 0 Å². The summed E-state index contributed by atoms with van der Waals surface area (Å²) in [6, 6.07) is 23.1. The van der Waals surface area contributed by atoms with Gasteiger partial charge in [-0.25, -0.2) is 9.59 Å². The summed E-state index contributed by atoms with van der Waals surface area (Å²) in [5.74, 6) is 2.14. The number of anilines is 3. The highest BCUT2D eigenvalue weighted by Gasteiger charge is 2.52. The fraction of sp³-hybridized carbons (Fsp3) is 0.676. The molecular weight excluding hydrogens is 1090 g/mol. The Bertz CT molecular complexity index is 2840. The number of hydrogen-bond acceptors (Lipinski definition) is 12. The third-order valence-corrected chi connectivity index (χ3v) is 22.7. The number of carbonyl (C=O) groups is 4. The summed E-state index contributed by atoms with van der Waals surface area (Å²) >= 11 is 6.28. The van der Waals surface area contributed by atoms with E-state index in [9.17, 15) is 19.2 Å². The molecule has 3 aromatic carbocycles. The van der Waals surface area contributed by atoms with Crippen molar-refractivity contribution >= 4 is 52.7 Å². The number of fused-ring (bicyclic) bond motifs is 8. The number of rotatable bonds is 8. The SMILES string of the molecule is CCCC1CCC(N2CCC3(CC2)CNc2ccc(Cl)cc23)CC1.CCOC(=O)N1CCC(N2CCC3(CC2)CN(C(C)=O)c2ccc(OC)cc23)CC1.O=C(O[C@@H]1CCOC1)N1C2CCC1CC(N1CCC3(CC1)C(=O)Nc1ccccc13)C2.[HH]. The van der Waals surface area contributed by atoms with Crippen LogP contribution in [0.3, 0.4) is 0 Å². The van der Waals surface area contributed by atoms with E-state index in [4.69, 9.17) is 30.5 Å². The number of piperidine rings is 5. The van der Waals surface area contributed by atoms with Gasteiger partial charge in [0.05, 0.1) is 32.3 Å². The van der Waals surface area contributed by atoms with Crippen LogP contribution in [-0.4, -0.2) is 177 Å². The summed E-state index contributed by atoms with van der Waals surface area (Å²) in [7, 11) is 1.69. The van der Waals surface area contributed by atoms with Crippen molar-refractivity contribution in [3.05, 3.63) is 82.4 Å². The lowest BCUT2D eigenvalue weighted by molar-refractivity contribution is -0.123. The van der Waals surface area contributed by atoms with Crippen molar-refractivity contribution in [1.82, 2.24) is 24.5 Å². The summed E-state index contributed by atoms with van der Waals surface area (Å²) in [5, 5.41) is 7.61. The number of hydrogen-bond donors (Lipinski definition) is 2. The van der Waals surface area contributed by atoms with Crippen LogP contribution in [0.1, 0.15) is 161 Å². The second-order valence-electron chi connectivity index (χ2n) is 26.9. The van der Waals surface area contributed by atoms with Crippen LogP contribution in [-0.2, 0) is 40.0 Å². The van der Waals surface area contributed by atoms with Gasteiger partial charge in [-0.05, 0) is 214 Å². The highest BCUT2D eigenvalue weighted by Crippen LogP contribution is 2.51. The second-order valence-corrected chi connectivity index (χ2v) is 27.4. The molecule has 85 heavy (non-hydrogen) atoms. The molecule has 464 valence electrons. The van der Waals surface area contributed by atoms with E-state index < -0.39 is 0 Å². The maximum atomic E-state index is 12.9. The fourth-order valence-electron chi connectivity index (χ4n) is 17.6. The second kappa shape index (κ2) is 25.9. The van der Waals surface area contributed by atoms with Crippen molar-refractivity contribution in [3.8, 4) is 5.75 Å². The molecule has 2 bridgehead atoms. The molecule has 3 atom stereocenters. The molecule has 2 unspecified atom stereocenters. The minimum absolute atomic E-state index is 0. The molecule has 0 radical (unpaired) electrons. The lowest BCUT2D eigenvalue weighted by atomic mass is 9.73. The maximum absolute atomic E-state index is 12.9. The average molecular weight is 1190 g/mol. The van der Waals surface area contributed by atoms with Crippen LogP contribution in [0.2, 0.25) is 5.02 Å². The number of nitrogens with one attached hydrogen (secondary N) is 2. The molecule has 14 rings (SSSR count). The van der Waals surface area contributed by atoms with Gasteiger partial charge in [0.15, 0.2) is 0 Å². The van der Waals surface area contributed by atoms with Crippen molar-refractivity contribution in [2.24, 2.45) is 5.92 Å². The molecule has 1 saturated carbocycles. The molecule has 3 aromatic rings. The lowest BCUT2D eigenvalue weighted by Gasteiger charge is -2.46. The first-order valence-corrected chi connectivity index (χ1v) is 33.3. The molecule has 10 aliphatic heterocycles. The topological polar surface area (TPSA) is 149 Å². The molecule has 11 aliphatic rings. The quantitative estimate of drug-likeness (QED) is 0.221. The van der Waals surface area contributed by atoms with Gasteiger partial charge in [0.1, 0.15) is 11.9 Å². The lowest BCUT2D eigenvalue weighted by Crippen LogP contribution is -2.56. The van der Waals surface area contributed by atoms with Crippen LogP contribution in [0.5, 0.6) is 5.75 Å². The number of carbonyl (C=O) groups excluding carboxylic acids is 4. The molecule has 4 amide bonds. The molecule has 3 spiro atoms. The van der Waals surface area contributed by atoms with Gasteiger partial charge >= 0.3 is 12.2 Å². The fourth-order valence-corrected chi connectivity index (χ4v) is 17.7. The highest BCUT2D eigenvalue weighted by atomic mass is 35.5. The van der Waals surface area contributed by atoms with E-state index in [-0.39, 0.29) is 54.4 Å². The largest absolute Gasteiger partial charge is 0.497 e. The number of nitrogens with zero attached hydrogens (tertiary/aromatic N) is 6. The van der Waals surface area contributed by atoms with E-state index in [1.54, 1.807) is 14.0 Å². The highest BCUT2D eigenvalue weighted by molar-refractivity contribution is 6.30. The molecular formula is C68H97ClN8O8. The van der Waals surface area contributed by atoms with Crippen LogP contribution >= 0.6 is 11.6 Å². The summed E-state index contributed by atoms with van der Waals surface area (Å²) in [5.41, 5.74) is 7.22. The Morgan fingerprint density at radius 2 is 1.33 bits per heavy atom. The van der Waals surface area contributed by atoms with E-state index in [1.165, 1.54) is 86.8 Å². The first kappa shape index (κ1) is 60.2. The number of methoxy groups -OCH3 is 1. The van der Waals surface area contributed by atoms with Crippen LogP contribution in [0.25, 0.3) is 0 Å². The van der Waals surface area contributed by atoms with Gasteiger partial charge in [0.25, 0.3) is 0 Å². The zero-order chi connectivity index (χ0) is 58.9. The smallest absolute Gasteiger partial charge is 0.410 e. The molecule has 0 aromatic heterocycles. The Balaban J connectivity index is 0.000000134. The molecule has 10 heterocycles. The van der Waals surface area contributed by atoms with E-state index in [0.717, 1.165) is 157 Å². The van der Waals surface area contributed by atoms with Gasteiger partial charge in [-0.15, -0.1) is 0 Å². The third-order valence-electron chi connectivity index (χ3n) is 22.5. The number of benzene rings is 3. The van der Waals surface area contributed by atoms with E-state index in [1.807, 2.05) is 58.0 Å². The molecule has 1 aliphatic carbocycles. The molecule has 17 heteroatoms. The summed E-state index contributed by atoms with van der Waals surface area (Å²) in [4.78, 5) is 63.7. The maximum Gasteiger partial charge on any atom is 0.410 e. The molecule has 16 nitrogen and oxygen atoms in total. The monoisotopic (exact) mass is 1190 g/mol. The van der Waals surface area contributed by atoms with Crippen LogP contribution < -0.4 is 20.3 Å². The predicted molar refractivity (Wildman–Crippen MR) is 335 cm³/mol. The summed E-state index contributed by atoms with van der Waals surface area (Å²) in [6.07, 6.45) is 21.5. The standard InChI is InChI=1S/C24H31N3O4.C23H33N3O4.C21H31ClN2.H2/c28-22-24(20-3-1-2-4-21(20)25-22)8-10-26(11-9-24)18-13-16-5-6-17(14-18)27(16)23(29)31-19-7-12-30-15-19;1-4-30-22(28)25-11-7-18(8-12-25)24-13-9-23(10-14-24)16-26(17(2)27)21-6-5-19(29-3)15-20(21)23;1-2-3-16-4-7-18(8-5-16)24-12-10-21(11-13-24)15-23-20-9-6-17(22)14-19(20)21;/h1-4,16-19H,5-15H2,(H,25,28);5-6,15,18H,4,7-14,16H2,1-3H3;6,9,14,16,18,23H,2-5,7-8,10-13,15H2,1H3;1H/t16?,17?,18?,19-;;;/m1.../s1. The molecule has 8 fully saturated rings. The molecule has 7 saturated heterocycles. The first-order chi connectivity index (χ1) is 41.3. The number of amides is 4. The van der Waals surface area contributed by atoms with Crippen LogP contribution in [0.4, 0.5) is 26.7 Å². The number of para-hydroxylation sites is 1. The minimum Gasteiger partial charge on any atom is -0.497 e.